The lowest BCUT2D eigenvalue weighted by Gasteiger charge is -2.13. The highest BCUT2D eigenvalue weighted by molar-refractivity contribution is 6.32. The van der Waals surface area contributed by atoms with Crippen molar-refractivity contribution in [3.63, 3.8) is 0 Å². The first kappa shape index (κ1) is 18.8. The maximum Gasteiger partial charge on any atom is 0.574 e. The van der Waals surface area contributed by atoms with Crippen molar-refractivity contribution in [1.82, 2.24) is 9.97 Å². The number of nitrogens with one attached hydrogen (secondary N) is 1. The molecule has 0 unspecified atom stereocenters. The molecular formula is C15H13ClF3N3O3. The van der Waals surface area contributed by atoms with E-state index in [1.54, 1.807) is 26.0 Å². The largest absolute Gasteiger partial charge is 0.574 e. The lowest BCUT2D eigenvalue weighted by molar-refractivity contribution is -0.275. The fourth-order valence-corrected chi connectivity index (χ4v) is 2.04. The number of carbonyl (C=O) groups excluding carboxylic acids is 1. The van der Waals surface area contributed by atoms with Gasteiger partial charge < -0.3 is 14.8 Å². The average molecular weight is 376 g/mol. The summed E-state index contributed by atoms with van der Waals surface area (Å²) in [5, 5.41) is 2.70. The van der Waals surface area contributed by atoms with Crippen LogP contribution in [0.2, 0.25) is 5.02 Å². The molecule has 0 aliphatic heterocycles. The highest BCUT2D eigenvalue weighted by Crippen LogP contribution is 2.32. The molecule has 2 aromatic rings. The maximum absolute atomic E-state index is 12.5. The molecule has 0 aliphatic carbocycles. The Labute approximate surface area is 145 Å². The second-order valence-electron chi connectivity index (χ2n) is 5.07. The maximum atomic E-state index is 12.5. The van der Waals surface area contributed by atoms with Gasteiger partial charge in [-0.15, -0.1) is 13.2 Å². The Morgan fingerprint density at radius 1 is 1.24 bits per heavy atom. The van der Waals surface area contributed by atoms with E-state index in [0.717, 1.165) is 24.2 Å². The summed E-state index contributed by atoms with van der Waals surface area (Å²) < 4.78 is 46.7. The van der Waals surface area contributed by atoms with Crippen LogP contribution in [0, 0.1) is 13.8 Å². The van der Waals surface area contributed by atoms with E-state index in [-0.39, 0.29) is 11.7 Å². The number of aromatic nitrogens is 2. The smallest absolute Gasteiger partial charge is 0.424 e. The van der Waals surface area contributed by atoms with Crippen LogP contribution in [0.4, 0.5) is 18.9 Å². The highest BCUT2D eigenvalue weighted by atomic mass is 35.5. The molecule has 134 valence electrons. The molecule has 0 bridgehead atoms. The number of alkyl halides is 3. The minimum absolute atomic E-state index is 0.296. The van der Waals surface area contributed by atoms with E-state index in [2.05, 4.69) is 20.0 Å². The van der Waals surface area contributed by atoms with Gasteiger partial charge in [0.25, 0.3) is 5.88 Å². The molecule has 1 heterocycles. The first-order valence-electron chi connectivity index (χ1n) is 6.90. The van der Waals surface area contributed by atoms with Crippen molar-refractivity contribution >= 4 is 23.2 Å². The molecule has 0 spiro atoms. The van der Waals surface area contributed by atoms with Gasteiger partial charge >= 0.3 is 12.4 Å². The summed E-state index contributed by atoms with van der Waals surface area (Å²) in [5.74, 6) is -1.19. The molecule has 1 amide bonds. The zero-order chi connectivity index (χ0) is 18.8. The molecule has 1 aromatic heterocycles. The molecule has 0 saturated heterocycles. The average Bonchev–Trinajstić information content (AvgIpc) is 2.45. The van der Waals surface area contributed by atoms with Crippen molar-refractivity contribution in [1.29, 1.82) is 0 Å². The Hall–Kier alpha value is -2.55. The lowest BCUT2D eigenvalue weighted by Crippen LogP contribution is -2.20. The second kappa shape index (κ2) is 7.14. The van der Waals surface area contributed by atoms with Gasteiger partial charge in [0.1, 0.15) is 11.4 Å². The SMILES string of the molecule is CC(=O)Nc1cnc(Oc2cc(C)c(Cl)c(C)c2)nc1OC(F)(F)F. The predicted octanol–water partition coefficient (Wildman–Crippen LogP) is 4.40. The number of nitrogens with zero attached hydrogens (tertiary/aromatic N) is 2. The molecule has 1 N–H and O–H groups in total. The predicted molar refractivity (Wildman–Crippen MR) is 84.0 cm³/mol. The quantitative estimate of drug-likeness (QED) is 0.857. The van der Waals surface area contributed by atoms with E-state index < -0.39 is 18.1 Å². The van der Waals surface area contributed by atoms with Gasteiger partial charge in [0.2, 0.25) is 5.91 Å². The summed E-state index contributed by atoms with van der Waals surface area (Å²) in [7, 11) is 0. The number of halogens is 4. The van der Waals surface area contributed by atoms with Crippen LogP contribution in [0.5, 0.6) is 17.6 Å². The van der Waals surface area contributed by atoms with Gasteiger partial charge in [-0.2, -0.15) is 4.98 Å². The fraction of sp³-hybridized carbons (Fsp3) is 0.267. The van der Waals surface area contributed by atoms with Gasteiger partial charge in [-0.05, 0) is 37.1 Å². The Bertz CT molecular complexity index is 789. The van der Waals surface area contributed by atoms with E-state index in [0.29, 0.717) is 10.8 Å². The van der Waals surface area contributed by atoms with Crippen molar-refractivity contribution in [2.45, 2.75) is 27.1 Å². The number of amides is 1. The van der Waals surface area contributed by atoms with Crippen LogP contribution in [0.25, 0.3) is 0 Å². The molecular weight excluding hydrogens is 363 g/mol. The summed E-state index contributed by atoms with van der Waals surface area (Å²) in [5.41, 5.74) is 1.11. The minimum atomic E-state index is -4.99. The van der Waals surface area contributed by atoms with Crippen LogP contribution in [0.3, 0.4) is 0 Å². The van der Waals surface area contributed by atoms with Gasteiger partial charge in [0.05, 0.1) is 6.20 Å². The lowest BCUT2D eigenvalue weighted by atomic mass is 10.1. The van der Waals surface area contributed by atoms with Gasteiger partial charge in [-0.3, -0.25) is 4.79 Å². The summed E-state index contributed by atoms with van der Waals surface area (Å²) in [6, 6.07) is 2.80. The zero-order valence-corrected chi connectivity index (χ0v) is 14.1. The van der Waals surface area contributed by atoms with Gasteiger partial charge in [0, 0.05) is 11.9 Å². The zero-order valence-electron chi connectivity index (χ0n) is 13.4. The minimum Gasteiger partial charge on any atom is -0.424 e. The molecule has 0 fully saturated rings. The molecule has 10 heteroatoms. The standard InChI is InChI=1S/C15H13ClF3N3O3/c1-7-4-10(5-8(2)12(7)16)24-14-20-6-11(21-9(3)23)13(22-14)25-15(17,18)19/h4-6H,1-3H3,(H,21,23). The van der Waals surface area contributed by atoms with Crippen LogP contribution >= 0.6 is 11.6 Å². The van der Waals surface area contributed by atoms with E-state index in [1.165, 1.54) is 0 Å². The molecule has 0 saturated carbocycles. The number of carbonyl (C=O) groups is 1. The summed E-state index contributed by atoms with van der Waals surface area (Å²) in [4.78, 5) is 18.4. The molecule has 25 heavy (non-hydrogen) atoms. The third-order valence-corrected chi connectivity index (χ3v) is 3.47. The molecule has 2 rings (SSSR count). The first-order valence-corrected chi connectivity index (χ1v) is 7.28. The van der Waals surface area contributed by atoms with E-state index in [4.69, 9.17) is 16.3 Å². The van der Waals surface area contributed by atoms with Gasteiger partial charge in [0.15, 0.2) is 0 Å². The van der Waals surface area contributed by atoms with E-state index in [9.17, 15) is 18.0 Å². The molecule has 0 atom stereocenters. The molecule has 1 aromatic carbocycles. The summed E-state index contributed by atoms with van der Waals surface area (Å²) in [6.45, 7) is 4.63. The first-order chi connectivity index (χ1) is 11.5. The van der Waals surface area contributed by atoms with E-state index in [1.807, 2.05) is 0 Å². The number of ether oxygens (including phenoxy) is 2. The van der Waals surface area contributed by atoms with Crippen LogP contribution in [-0.4, -0.2) is 22.2 Å². The molecule has 0 radical (unpaired) electrons. The Kier molecular flexibility index (Phi) is 5.36. The molecule has 0 aliphatic rings. The monoisotopic (exact) mass is 375 g/mol. The Morgan fingerprint density at radius 3 is 2.36 bits per heavy atom. The summed E-state index contributed by atoms with van der Waals surface area (Å²) >= 11 is 6.05. The van der Waals surface area contributed by atoms with Crippen LogP contribution in [0.1, 0.15) is 18.1 Å². The number of rotatable bonds is 4. The number of aryl methyl sites for hydroxylation is 2. The van der Waals surface area contributed by atoms with Crippen molar-refractivity contribution in [2.24, 2.45) is 0 Å². The van der Waals surface area contributed by atoms with Gasteiger partial charge in [-0.1, -0.05) is 11.6 Å². The number of benzene rings is 1. The summed E-state index contributed by atoms with van der Waals surface area (Å²) in [6.07, 6.45) is -4.03. The number of hydrogen-bond donors (Lipinski definition) is 1. The Balaban J connectivity index is 2.35. The molecule has 6 nitrogen and oxygen atoms in total. The number of hydrogen-bond acceptors (Lipinski definition) is 5. The third kappa shape index (κ3) is 5.21. The number of anilines is 1. The Morgan fingerprint density at radius 2 is 1.84 bits per heavy atom. The fourth-order valence-electron chi connectivity index (χ4n) is 1.93. The topological polar surface area (TPSA) is 73.3 Å². The van der Waals surface area contributed by atoms with Crippen molar-refractivity contribution in [3.05, 3.63) is 34.5 Å². The second-order valence-corrected chi connectivity index (χ2v) is 5.45. The van der Waals surface area contributed by atoms with Crippen molar-refractivity contribution < 1.29 is 27.4 Å². The van der Waals surface area contributed by atoms with Crippen LogP contribution < -0.4 is 14.8 Å². The third-order valence-electron chi connectivity index (χ3n) is 2.87. The normalized spacial score (nSPS) is 11.2. The van der Waals surface area contributed by atoms with Crippen molar-refractivity contribution in [2.75, 3.05) is 5.32 Å². The van der Waals surface area contributed by atoms with E-state index >= 15 is 0 Å². The van der Waals surface area contributed by atoms with Gasteiger partial charge in [-0.25, -0.2) is 4.98 Å². The van der Waals surface area contributed by atoms with Crippen LogP contribution in [-0.2, 0) is 4.79 Å². The van der Waals surface area contributed by atoms with Crippen molar-refractivity contribution in [3.8, 4) is 17.6 Å². The van der Waals surface area contributed by atoms with Crippen LogP contribution in [0.15, 0.2) is 18.3 Å². The highest BCUT2D eigenvalue weighted by Gasteiger charge is 2.33.